The summed E-state index contributed by atoms with van der Waals surface area (Å²) in [6.07, 6.45) is 8.13. The highest BCUT2D eigenvalue weighted by Crippen LogP contribution is 2.56. The molecule has 0 saturated heterocycles. The quantitative estimate of drug-likeness (QED) is 0.158. The van der Waals surface area contributed by atoms with Gasteiger partial charge in [0.05, 0.1) is 16.7 Å². The van der Waals surface area contributed by atoms with Crippen LogP contribution in [0.4, 0.5) is 17.1 Å². The van der Waals surface area contributed by atoms with Gasteiger partial charge in [0.1, 0.15) is 0 Å². The molecule has 2 bridgehead atoms. The summed E-state index contributed by atoms with van der Waals surface area (Å²) in [6.45, 7) is 2.48. The first kappa shape index (κ1) is 34.8. The molecule has 0 N–H and O–H groups in total. The third-order valence-electron chi connectivity index (χ3n) is 13.5. The number of nitrogens with zero attached hydrogens (tertiary/aromatic N) is 2. The second kappa shape index (κ2) is 14.2. The Morgan fingerprint density at radius 2 is 1.17 bits per heavy atom. The zero-order valence-corrected chi connectivity index (χ0v) is 33.2. The molecular weight excluding hydrogens is 701 g/mol. The average molecular weight is 749 g/mol. The lowest BCUT2D eigenvalue weighted by Gasteiger charge is -2.52. The summed E-state index contributed by atoms with van der Waals surface area (Å²) < 4.78 is 2.47. The van der Waals surface area contributed by atoms with Gasteiger partial charge in [-0.3, -0.25) is 0 Å². The lowest BCUT2D eigenvalue weighted by Crippen LogP contribution is -2.43. The van der Waals surface area contributed by atoms with E-state index in [1.807, 2.05) is 0 Å². The van der Waals surface area contributed by atoms with Crippen molar-refractivity contribution in [1.29, 1.82) is 0 Å². The van der Waals surface area contributed by atoms with Gasteiger partial charge >= 0.3 is 0 Å². The number of hydrogen-bond donors (Lipinski definition) is 0. The van der Waals surface area contributed by atoms with Crippen molar-refractivity contribution in [2.45, 2.75) is 50.9 Å². The van der Waals surface area contributed by atoms with Gasteiger partial charge in [0.25, 0.3) is 0 Å². The van der Waals surface area contributed by atoms with Crippen molar-refractivity contribution in [1.82, 2.24) is 4.57 Å². The molecule has 3 aliphatic carbocycles. The van der Waals surface area contributed by atoms with Crippen LogP contribution in [0.5, 0.6) is 0 Å². The minimum Gasteiger partial charge on any atom is -0.310 e. The molecule has 0 amide bonds. The first-order valence-electron chi connectivity index (χ1n) is 21.3. The van der Waals surface area contributed by atoms with Crippen LogP contribution in [0.1, 0.15) is 51.0 Å². The van der Waals surface area contributed by atoms with Crippen molar-refractivity contribution < 1.29 is 0 Å². The van der Waals surface area contributed by atoms with Crippen molar-refractivity contribution in [3.05, 3.63) is 194 Å². The second-order valence-corrected chi connectivity index (χ2v) is 17.2. The Hall–Kier alpha value is -6.38. The van der Waals surface area contributed by atoms with E-state index < -0.39 is 0 Å². The maximum atomic E-state index is 2.52. The van der Waals surface area contributed by atoms with Gasteiger partial charge in [-0.2, -0.15) is 0 Å². The molecule has 0 spiro atoms. The van der Waals surface area contributed by atoms with E-state index in [0.717, 1.165) is 23.2 Å². The van der Waals surface area contributed by atoms with Gasteiger partial charge in [-0.05, 0) is 124 Å². The fraction of sp³-hybridized carbons (Fsp3) is 0.179. The van der Waals surface area contributed by atoms with Gasteiger partial charge in [-0.25, -0.2) is 0 Å². The molecule has 1 aromatic heterocycles. The van der Waals surface area contributed by atoms with E-state index in [2.05, 4.69) is 204 Å². The summed E-state index contributed by atoms with van der Waals surface area (Å²) in [5.74, 6) is 1.65. The van der Waals surface area contributed by atoms with Crippen LogP contribution in [-0.2, 0) is 5.41 Å². The normalized spacial score (nSPS) is 19.1. The van der Waals surface area contributed by atoms with E-state index in [9.17, 15) is 0 Å². The Labute approximate surface area is 342 Å². The van der Waals surface area contributed by atoms with Crippen LogP contribution in [0.25, 0.3) is 60.5 Å². The third kappa shape index (κ3) is 5.93. The van der Waals surface area contributed by atoms with Crippen LogP contribution in [0.3, 0.4) is 0 Å². The Bertz CT molecular complexity index is 2910. The van der Waals surface area contributed by atoms with Crippen LogP contribution in [0.15, 0.2) is 188 Å². The van der Waals surface area contributed by atoms with Gasteiger partial charge < -0.3 is 9.47 Å². The standard InChI is InChI=1S/C56H48N2/c1-39-13-11-14-40-37-56(36-39,38-40)45-18-12-19-48(35-45)57(46-30-25-42(26-31-46)41-15-3-2-4-16-41)47-32-27-44(28-33-47)49-20-7-9-23-52(49)58-53-24-10-8-22-51(53)55-50-21-6-5-17-43(50)29-34-54(55)58/h2-10,12,15-35,39-40H,11,13-14,36-38H2,1H3/t39-,40?,56?/m0/s1. The molecule has 2 heteroatoms. The molecule has 1 atom stereocenters. The lowest BCUT2D eigenvalue weighted by molar-refractivity contribution is 0.0809. The summed E-state index contributed by atoms with van der Waals surface area (Å²) >= 11 is 0. The summed E-state index contributed by atoms with van der Waals surface area (Å²) in [5, 5.41) is 5.14. The number of rotatable bonds is 7. The van der Waals surface area contributed by atoms with E-state index in [4.69, 9.17) is 0 Å². The molecule has 3 saturated carbocycles. The minimum atomic E-state index is 0.302. The van der Waals surface area contributed by atoms with Gasteiger partial charge in [-0.1, -0.05) is 160 Å². The zero-order chi connectivity index (χ0) is 38.6. The topological polar surface area (TPSA) is 8.17 Å². The van der Waals surface area contributed by atoms with Gasteiger partial charge in [0.2, 0.25) is 0 Å². The Balaban J connectivity index is 1.02. The lowest BCUT2D eigenvalue weighted by atomic mass is 9.53. The van der Waals surface area contributed by atoms with Crippen LogP contribution < -0.4 is 4.90 Å². The molecule has 12 rings (SSSR count). The summed E-state index contributed by atoms with van der Waals surface area (Å²) in [7, 11) is 0. The molecule has 0 unspecified atom stereocenters. The van der Waals surface area contributed by atoms with E-state index in [1.54, 1.807) is 0 Å². The molecular formula is C56H48N2. The molecule has 0 radical (unpaired) electrons. The first-order valence-corrected chi connectivity index (χ1v) is 21.3. The monoisotopic (exact) mass is 748 g/mol. The molecule has 1 heterocycles. The van der Waals surface area contributed by atoms with Gasteiger partial charge in [0, 0.05) is 33.4 Å². The van der Waals surface area contributed by atoms with Crippen molar-refractivity contribution >= 4 is 49.6 Å². The highest BCUT2D eigenvalue weighted by molar-refractivity contribution is 6.21. The van der Waals surface area contributed by atoms with E-state index >= 15 is 0 Å². The fourth-order valence-electron chi connectivity index (χ4n) is 10.9. The third-order valence-corrected chi connectivity index (χ3v) is 13.5. The van der Waals surface area contributed by atoms with Crippen LogP contribution in [-0.4, -0.2) is 4.57 Å². The van der Waals surface area contributed by atoms with E-state index in [1.165, 1.54) is 110 Å². The van der Waals surface area contributed by atoms with E-state index in [0.29, 0.717) is 5.41 Å². The van der Waals surface area contributed by atoms with E-state index in [-0.39, 0.29) is 0 Å². The summed E-state index contributed by atoms with van der Waals surface area (Å²) in [4.78, 5) is 2.46. The Kier molecular flexibility index (Phi) is 8.54. The van der Waals surface area contributed by atoms with Crippen molar-refractivity contribution in [2.24, 2.45) is 11.8 Å². The summed E-state index contributed by atoms with van der Waals surface area (Å²) in [6, 6.07) is 69.7. The number of hydrogen-bond acceptors (Lipinski definition) is 1. The fourth-order valence-corrected chi connectivity index (χ4v) is 10.9. The smallest absolute Gasteiger partial charge is 0.0547 e. The maximum Gasteiger partial charge on any atom is 0.0547 e. The van der Waals surface area contributed by atoms with Crippen LogP contribution in [0.2, 0.25) is 0 Å². The average Bonchev–Trinajstić information content (AvgIpc) is 3.60. The Morgan fingerprint density at radius 3 is 1.98 bits per heavy atom. The van der Waals surface area contributed by atoms with Crippen LogP contribution >= 0.6 is 0 Å². The summed E-state index contributed by atoms with van der Waals surface area (Å²) in [5.41, 5.74) is 13.9. The largest absolute Gasteiger partial charge is 0.310 e. The highest BCUT2D eigenvalue weighted by Gasteiger charge is 2.46. The first-order chi connectivity index (χ1) is 28.6. The number of para-hydroxylation sites is 2. The molecule has 0 aliphatic heterocycles. The Morgan fingerprint density at radius 1 is 0.500 bits per heavy atom. The maximum absolute atomic E-state index is 2.52. The molecule has 282 valence electrons. The number of fused-ring (bicyclic) bond motifs is 9. The molecule has 3 fully saturated rings. The van der Waals surface area contributed by atoms with Crippen molar-refractivity contribution in [2.75, 3.05) is 4.90 Å². The van der Waals surface area contributed by atoms with Crippen molar-refractivity contribution in [3.63, 3.8) is 0 Å². The number of benzene rings is 8. The van der Waals surface area contributed by atoms with Crippen molar-refractivity contribution in [3.8, 4) is 27.9 Å². The van der Waals surface area contributed by atoms with Crippen LogP contribution in [0, 0.1) is 11.8 Å². The number of anilines is 3. The second-order valence-electron chi connectivity index (χ2n) is 17.2. The molecule has 8 aromatic carbocycles. The predicted molar refractivity (Wildman–Crippen MR) is 246 cm³/mol. The SMILES string of the molecule is C[C@H]1CCCC2CC(c3cccc(N(c4ccc(-c5ccccc5)cc4)c4ccc(-c5ccccc5-n5c6ccccc6c6c7ccccc7ccc65)cc4)c3)(C2)C1. The molecule has 3 aliphatic rings. The minimum absolute atomic E-state index is 0.302. The molecule has 9 aromatic rings. The predicted octanol–water partition coefficient (Wildman–Crippen LogP) is 15.6. The molecule has 58 heavy (non-hydrogen) atoms. The molecule has 2 nitrogen and oxygen atoms in total. The van der Waals surface area contributed by atoms with Gasteiger partial charge in [-0.15, -0.1) is 0 Å². The van der Waals surface area contributed by atoms with Gasteiger partial charge in [0.15, 0.2) is 0 Å². The zero-order valence-electron chi connectivity index (χ0n) is 33.2. The highest BCUT2D eigenvalue weighted by atomic mass is 15.1. The number of aromatic nitrogens is 1.